The van der Waals surface area contributed by atoms with E-state index in [1.807, 2.05) is 0 Å². The average Bonchev–Trinajstić information content (AvgIpc) is 2.84. The lowest BCUT2D eigenvalue weighted by molar-refractivity contribution is 0.146. The SMILES string of the molecule is C[C@@H](O)[C@H](N)c1nc(-c2ccc(F)c(F)c2Br)no1. The van der Waals surface area contributed by atoms with Gasteiger partial charge in [0.2, 0.25) is 11.7 Å². The molecule has 102 valence electrons. The fraction of sp³-hybridized carbons (Fsp3) is 0.273. The van der Waals surface area contributed by atoms with Crippen LogP contribution >= 0.6 is 15.9 Å². The molecule has 0 saturated heterocycles. The Bertz CT molecular complexity index is 604. The molecule has 0 aliphatic rings. The van der Waals surface area contributed by atoms with E-state index in [-0.39, 0.29) is 21.8 Å². The number of hydrogen-bond donors (Lipinski definition) is 2. The topological polar surface area (TPSA) is 85.2 Å². The molecule has 5 nitrogen and oxygen atoms in total. The number of rotatable bonds is 3. The number of halogens is 3. The molecule has 1 aromatic carbocycles. The van der Waals surface area contributed by atoms with E-state index in [0.29, 0.717) is 0 Å². The smallest absolute Gasteiger partial charge is 0.246 e. The third-order valence-corrected chi connectivity index (χ3v) is 3.30. The molecule has 0 aliphatic heterocycles. The highest BCUT2D eigenvalue weighted by atomic mass is 79.9. The zero-order chi connectivity index (χ0) is 14.2. The molecule has 2 atom stereocenters. The van der Waals surface area contributed by atoms with Crippen molar-refractivity contribution in [3.63, 3.8) is 0 Å². The summed E-state index contributed by atoms with van der Waals surface area (Å²) in [6.07, 6.45) is -0.873. The Morgan fingerprint density at radius 2 is 2.11 bits per heavy atom. The zero-order valence-corrected chi connectivity index (χ0v) is 11.4. The summed E-state index contributed by atoms with van der Waals surface area (Å²) in [6.45, 7) is 1.47. The molecule has 0 spiro atoms. The quantitative estimate of drug-likeness (QED) is 0.840. The lowest BCUT2D eigenvalue weighted by atomic mass is 10.2. The van der Waals surface area contributed by atoms with Crippen LogP contribution in [0.15, 0.2) is 21.1 Å². The highest BCUT2D eigenvalue weighted by Crippen LogP contribution is 2.30. The summed E-state index contributed by atoms with van der Waals surface area (Å²) in [5.41, 5.74) is 5.86. The maximum Gasteiger partial charge on any atom is 0.246 e. The van der Waals surface area contributed by atoms with Crippen molar-refractivity contribution in [2.24, 2.45) is 5.73 Å². The Morgan fingerprint density at radius 1 is 1.42 bits per heavy atom. The van der Waals surface area contributed by atoms with Gasteiger partial charge in [0.1, 0.15) is 6.04 Å². The normalized spacial score (nSPS) is 14.4. The molecule has 0 aliphatic carbocycles. The third-order valence-electron chi connectivity index (χ3n) is 2.52. The average molecular weight is 334 g/mol. The molecule has 2 rings (SSSR count). The van der Waals surface area contributed by atoms with Crippen LogP contribution in [0.5, 0.6) is 0 Å². The highest BCUT2D eigenvalue weighted by molar-refractivity contribution is 9.10. The van der Waals surface area contributed by atoms with Gasteiger partial charge in [0.25, 0.3) is 0 Å². The summed E-state index contributed by atoms with van der Waals surface area (Å²) >= 11 is 2.93. The summed E-state index contributed by atoms with van der Waals surface area (Å²) in [4.78, 5) is 3.95. The Morgan fingerprint density at radius 3 is 2.74 bits per heavy atom. The van der Waals surface area contributed by atoms with E-state index in [1.165, 1.54) is 13.0 Å². The monoisotopic (exact) mass is 333 g/mol. The molecule has 8 heteroatoms. The minimum Gasteiger partial charge on any atom is -0.391 e. The fourth-order valence-electron chi connectivity index (χ4n) is 1.38. The van der Waals surface area contributed by atoms with Gasteiger partial charge in [-0.2, -0.15) is 4.98 Å². The summed E-state index contributed by atoms with van der Waals surface area (Å²) in [5, 5.41) is 12.9. The largest absolute Gasteiger partial charge is 0.391 e. The van der Waals surface area contributed by atoms with Crippen LogP contribution in [0.2, 0.25) is 0 Å². The van der Waals surface area contributed by atoms with Gasteiger partial charge in [-0.25, -0.2) is 8.78 Å². The van der Waals surface area contributed by atoms with Gasteiger partial charge in [0.05, 0.1) is 10.6 Å². The number of nitrogens with two attached hydrogens (primary N) is 1. The minimum atomic E-state index is -1.04. The second kappa shape index (κ2) is 5.32. The molecular formula is C11H10BrF2N3O2. The van der Waals surface area contributed by atoms with Gasteiger partial charge in [-0.1, -0.05) is 5.16 Å². The van der Waals surface area contributed by atoms with Gasteiger partial charge in [-0.3, -0.25) is 0 Å². The van der Waals surface area contributed by atoms with Crippen molar-refractivity contribution < 1.29 is 18.4 Å². The fourth-order valence-corrected chi connectivity index (χ4v) is 1.88. The van der Waals surface area contributed by atoms with E-state index in [1.54, 1.807) is 0 Å². The summed E-state index contributed by atoms with van der Waals surface area (Å²) in [6, 6.07) is 1.43. The minimum absolute atomic E-state index is 0.0154. The molecule has 0 bridgehead atoms. The molecule has 0 fully saturated rings. The number of benzene rings is 1. The van der Waals surface area contributed by atoms with E-state index in [0.717, 1.165) is 6.07 Å². The standard InChI is InChI=1S/C11H10BrF2N3O2/c1-4(18)9(15)11-16-10(17-19-11)5-2-3-6(13)8(14)7(5)12/h2-4,9,18H,15H2,1H3/t4-,9+/m1/s1. The van der Waals surface area contributed by atoms with Gasteiger partial charge < -0.3 is 15.4 Å². The Kier molecular flexibility index (Phi) is 3.93. The number of nitrogens with zero attached hydrogens (tertiary/aromatic N) is 2. The van der Waals surface area contributed by atoms with Crippen LogP contribution in [-0.2, 0) is 0 Å². The first-order valence-electron chi connectivity index (χ1n) is 5.33. The molecule has 2 aromatic rings. The van der Waals surface area contributed by atoms with Crippen LogP contribution in [0.1, 0.15) is 18.9 Å². The first-order valence-corrected chi connectivity index (χ1v) is 6.12. The van der Waals surface area contributed by atoms with Crippen LogP contribution in [0.3, 0.4) is 0 Å². The third kappa shape index (κ3) is 2.65. The lowest BCUT2D eigenvalue weighted by Crippen LogP contribution is -2.23. The van der Waals surface area contributed by atoms with Crippen LogP contribution in [0, 0.1) is 11.6 Å². The van der Waals surface area contributed by atoms with E-state index in [4.69, 9.17) is 10.3 Å². The molecule has 1 heterocycles. The Balaban J connectivity index is 2.41. The summed E-state index contributed by atoms with van der Waals surface area (Å²) in [7, 11) is 0. The van der Waals surface area contributed by atoms with Crippen molar-refractivity contribution in [3.05, 3.63) is 34.1 Å². The van der Waals surface area contributed by atoms with Crippen LogP contribution in [0.25, 0.3) is 11.4 Å². The molecule has 3 N–H and O–H groups in total. The van der Waals surface area contributed by atoms with Gasteiger partial charge >= 0.3 is 0 Å². The molecule has 0 amide bonds. The van der Waals surface area contributed by atoms with Gasteiger partial charge in [-0.05, 0) is 35.0 Å². The second-order valence-corrected chi connectivity index (χ2v) is 4.74. The van der Waals surface area contributed by atoms with Crippen LogP contribution < -0.4 is 5.73 Å². The van der Waals surface area contributed by atoms with E-state index in [9.17, 15) is 13.9 Å². The number of aliphatic hydroxyl groups excluding tert-OH is 1. The zero-order valence-electron chi connectivity index (χ0n) is 9.77. The van der Waals surface area contributed by atoms with Crippen LogP contribution in [-0.4, -0.2) is 21.4 Å². The molecular weight excluding hydrogens is 324 g/mol. The summed E-state index contributed by atoms with van der Waals surface area (Å²) in [5.74, 6) is -1.96. The first kappa shape index (κ1) is 14.0. The molecule has 0 unspecified atom stereocenters. The van der Waals surface area contributed by atoms with Crippen molar-refractivity contribution in [1.29, 1.82) is 0 Å². The lowest BCUT2D eigenvalue weighted by Gasteiger charge is -2.08. The Hall–Kier alpha value is -1.38. The van der Waals surface area contributed by atoms with Crippen molar-refractivity contribution in [3.8, 4) is 11.4 Å². The number of aromatic nitrogens is 2. The maximum absolute atomic E-state index is 13.4. The van der Waals surface area contributed by atoms with Crippen molar-refractivity contribution in [1.82, 2.24) is 10.1 Å². The predicted molar refractivity (Wildman–Crippen MR) is 66.0 cm³/mol. The second-order valence-electron chi connectivity index (χ2n) is 3.95. The van der Waals surface area contributed by atoms with E-state index >= 15 is 0 Å². The van der Waals surface area contributed by atoms with E-state index in [2.05, 4.69) is 26.1 Å². The van der Waals surface area contributed by atoms with Crippen molar-refractivity contribution >= 4 is 15.9 Å². The van der Waals surface area contributed by atoms with Crippen LogP contribution in [0.4, 0.5) is 8.78 Å². The molecule has 0 saturated carbocycles. The number of aliphatic hydroxyl groups is 1. The van der Waals surface area contributed by atoms with Crippen molar-refractivity contribution in [2.45, 2.75) is 19.1 Å². The van der Waals surface area contributed by atoms with Gasteiger partial charge in [0.15, 0.2) is 11.6 Å². The van der Waals surface area contributed by atoms with Crippen molar-refractivity contribution in [2.75, 3.05) is 0 Å². The van der Waals surface area contributed by atoms with Gasteiger partial charge in [-0.15, -0.1) is 0 Å². The molecule has 0 radical (unpaired) electrons. The van der Waals surface area contributed by atoms with Gasteiger partial charge in [0, 0.05) is 5.56 Å². The molecule has 1 aromatic heterocycles. The number of hydrogen-bond acceptors (Lipinski definition) is 5. The van der Waals surface area contributed by atoms with E-state index < -0.39 is 23.8 Å². The predicted octanol–water partition coefficient (Wildman–Crippen LogP) is 2.16. The Labute approximate surface area is 115 Å². The summed E-state index contributed by atoms with van der Waals surface area (Å²) < 4.78 is 31.2. The first-order chi connectivity index (χ1) is 8.91. The maximum atomic E-state index is 13.4. The molecule has 19 heavy (non-hydrogen) atoms. The highest BCUT2D eigenvalue weighted by Gasteiger charge is 2.22.